The van der Waals surface area contributed by atoms with Gasteiger partial charge in [-0.2, -0.15) is 0 Å². The molecule has 0 aromatic heterocycles. The topological polar surface area (TPSA) is 52.7 Å². The number of hydrogen-bond acceptors (Lipinski definition) is 4. The first-order valence-electron chi connectivity index (χ1n) is 10.7. The Labute approximate surface area is 171 Å². The number of rotatable bonds is 6. The molecule has 0 radical (unpaired) electrons. The summed E-state index contributed by atoms with van der Waals surface area (Å²) in [6, 6.07) is 19.1. The van der Waals surface area contributed by atoms with E-state index in [4.69, 9.17) is 0 Å². The van der Waals surface area contributed by atoms with Gasteiger partial charge < -0.3 is 10.2 Å². The lowest BCUT2D eigenvalue weighted by Gasteiger charge is -2.33. The predicted molar refractivity (Wildman–Crippen MR) is 112 cm³/mol. The number of piperidine rings is 1. The lowest BCUT2D eigenvalue weighted by Crippen LogP contribution is -2.46. The van der Waals surface area contributed by atoms with Crippen LogP contribution in [0.3, 0.4) is 0 Å². The second kappa shape index (κ2) is 7.73. The van der Waals surface area contributed by atoms with Crippen LogP contribution in [0, 0.1) is 0 Å². The zero-order chi connectivity index (χ0) is 19.8. The molecule has 29 heavy (non-hydrogen) atoms. The maximum absolute atomic E-state index is 12.5. The molecule has 5 nitrogen and oxygen atoms in total. The fraction of sp³-hybridized carbons (Fsp3) is 0.417. The Morgan fingerprint density at radius 1 is 0.828 bits per heavy atom. The predicted octanol–water partition coefficient (Wildman–Crippen LogP) is 2.89. The number of amides is 2. The quantitative estimate of drug-likeness (QED) is 0.772. The van der Waals surface area contributed by atoms with Gasteiger partial charge in [0.15, 0.2) is 0 Å². The molecule has 2 heterocycles. The van der Waals surface area contributed by atoms with Crippen LogP contribution >= 0.6 is 0 Å². The van der Waals surface area contributed by atoms with Crippen molar-refractivity contribution in [3.05, 3.63) is 71.3 Å². The first kappa shape index (κ1) is 18.5. The van der Waals surface area contributed by atoms with Crippen LogP contribution in [0.4, 0.5) is 0 Å². The van der Waals surface area contributed by atoms with Crippen molar-refractivity contribution in [3.63, 3.8) is 0 Å². The van der Waals surface area contributed by atoms with E-state index < -0.39 is 0 Å². The van der Waals surface area contributed by atoms with Crippen molar-refractivity contribution in [2.45, 2.75) is 37.3 Å². The van der Waals surface area contributed by atoms with Crippen molar-refractivity contribution >= 4 is 11.8 Å². The fourth-order valence-electron chi connectivity index (χ4n) is 4.76. The van der Waals surface area contributed by atoms with Crippen molar-refractivity contribution in [1.29, 1.82) is 0 Å². The molecular formula is C24H27N3O2. The minimum atomic E-state index is -0.150. The lowest BCUT2D eigenvalue weighted by molar-refractivity contribution is 0.0628. The normalized spacial score (nSPS) is 24.8. The van der Waals surface area contributed by atoms with Crippen LogP contribution in [0.2, 0.25) is 0 Å². The Hall–Kier alpha value is -2.50. The van der Waals surface area contributed by atoms with Crippen LogP contribution in [0.25, 0.3) is 0 Å². The monoisotopic (exact) mass is 389 g/mol. The third kappa shape index (κ3) is 3.72. The Bertz CT molecular complexity index is 870. The van der Waals surface area contributed by atoms with E-state index in [-0.39, 0.29) is 11.8 Å². The highest BCUT2D eigenvalue weighted by molar-refractivity contribution is 6.21. The molecule has 1 saturated carbocycles. The van der Waals surface area contributed by atoms with Crippen LogP contribution in [-0.2, 0) is 0 Å². The van der Waals surface area contributed by atoms with E-state index in [1.54, 1.807) is 12.1 Å². The van der Waals surface area contributed by atoms with E-state index in [2.05, 4.69) is 40.5 Å². The van der Waals surface area contributed by atoms with Crippen molar-refractivity contribution in [2.24, 2.45) is 0 Å². The molecule has 0 spiro atoms. The van der Waals surface area contributed by atoms with Gasteiger partial charge in [0.1, 0.15) is 0 Å². The van der Waals surface area contributed by atoms with Gasteiger partial charge in [0.2, 0.25) is 0 Å². The van der Waals surface area contributed by atoms with Gasteiger partial charge in [-0.1, -0.05) is 42.5 Å². The second-order valence-electron chi connectivity index (χ2n) is 8.45. The summed E-state index contributed by atoms with van der Waals surface area (Å²) in [5, 5.41) is 3.84. The summed E-state index contributed by atoms with van der Waals surface area (Å²) in [6.45, 7) is 3.27. The summed E-state index contributed by atoms with van der Waals surface area (Å²) in [7, 11) is 0. The number of nitrogens with one attached hydrogen (secondary N) is 1. The molecular weight excluding hydrogens is 362 g/mol. The molecule has 1 saturated heterocycles. The van der Waals surface area contributed by atoms with E-state index in [1.807, 2.05) is 12.1 Å². The third-order valence-corrected chi connectivity index (χ3v) is 6.57. The van der Waals surface area contributed by atoms with E-state index in [0.29, 0.717) is 35.7 Å². The molecule has 5 rings (SSSR count). The Kier molecular flexibility index (Phi) is 4.94. The number of carbonyl (C=O) groups is 2. The van der Waals surface area contributed by atoms with E-state index in [0.717, 1.165) is 32.5 Å². The second-order valence-corrected chi connectivity index (χ2v) is 8.45. The Morgan fingerprint density at radius 2 is 1.45 bits per heavy atom. The largest absolute Gasteiger partial charge is 0.311 e. The SMILES string of the molecule is O=C1c2ccccc2C(=O)N1CCN1CCC(N[C@@H]2C[C@H]2c2ccccc2)CC1. The van der Waals surface area contributed by atoms with Crippen LogP contribution < -0.4 is 5.32 Å². The summed E-state index contributed by atoms with van der Waals surface area (Å²) in [6.07, 6.45) is 3.49. The van der Waals surface area contributed by atoms with Crippen LogP contribution in [0.1, 0.15) is 51.5 Å². The molecule has 2 aromatic rings. The molecule has 150 valence electrons. The maximum atomic E-state index is 12.5. The first-order valence-corrected chi connectivity index (χ1v) is 10.7. The maximum Gasteiger partial charge on any atom is 0.261 e. The average Bonchev–Trinajstić information content (AvgIpc) is 3.49. The van der Waals surface area contributed by atoms with Crippen molar-refractivity contribution in [3.8, 4) is 0 Å². The average molecular weight is 389 g/mol. The fourth-order valence-corrected chi connectivity index (χ4v) is 4.76. The number of hydrogen-bond donors (Lipinski definition) is 1. The molecule has 5 heteroatoms. The van der Waals surface area contributed by atoms with E-state index >= 15 is 0 Å². The highest BCUT2D eigenvalue weighted by Crippen LogP contribution is 2.41. The summed E-state index contributed by atoms with van der Waals surface area (Å²) < 4.78 is 0. The van der Waals surface area contributed by atoms with Crippen molar-refractivity contribution < 1.29 is 9.59 Å². The molecule has 1 aliphatic carbocycles. The third-order valence-electron chi connectivity index (χ3n) is 6.57. The van der Waals surface area contributed by atoms with Crippen molar-refractivity contribution in [2.75, 3.05) is 26.2 Å². The molecule has 1 N–H and O–H groups in total. The standard InChI is InChI=1S/C24H27N3O2/c28-23-19-8-4-5-9-20(19)24(29)27(23)15-14-26-12-10-18(11-13-26)25-22-16-21(22)17-6-2-1-3-7-17/h1-9,18,21-22,25H,10-16H2/t21-,22+/m0/s1. The zero-order valence-electron chi connectivity index (χ0n) is 16.6. The van der Waals surface area contributed by atoms with Crippen LogP contribution in [0.15, 0.2) is 54.6 Å². The zero-order valence-corrected chi connectivity index (χ0v) is 16.6. The molecule has 2 aromatic carbocycles. The highest BCUT2D eigenvalue weighted by Gasteiger charge is 2.40. The van der Waals surface area contributed by atoms with Gasteiger partial charge in [-0.15, -0.1) is 0 Å². The van der Waals surface area contributed by atoms with E-state index in [9.17, 15) is 9.59 Å². The van der Waals surface area contributed by atoms with Crippen LogP contribution in [-0.4, -0.2) is 59.9 Å². The first-order chi connectivity index (χ1) is 14.2. The number of likely N-dealkylation sites (tertiary alicyclic amines) is 1. The summed E-state index contributed by atoms with van der Waals surface area (Å²) in [5.74, 6) is 0.369. The minimum Gasteiger partial charge on any atom is -0.311 e. The summed E-state index contributed by atoms with van der Waals surface area (Å²) in [4.78, 5) is 28.8. The lowest BCUT2D eigenvalue weighted by atomic mass is 10.0. The van der Waals surface area contributed by atoms with Gasteiger partial charge in [-0.05, 0) is 50.0 Å². The number of carbonyl (C=O) groups excluding carboxylic acids is 2. The van der Waals surface area contributed by atoms with Crippen molar-refractivity contribution in [1.82, 2.24) is 15.1 Å². The molecule has 2 atom stereocenters. The molecule has 2 amide bonds. The van der Waals surface area contributed by atoms with Gasteiger partial charge in [0.05, 0.1) is 11.1 Å². The molecule has 3 aliphatic rings. The van der Waals surface area contributed by atoms with Gasteiger partial charge in [0.25, 0.3) is 11.8 Å². The van der Waals surface area contributed by atoms with Gasteiger partial charge in [-0.3, -0.25) is 14.5 Å². The number of fused-ring (bicyclic) bond motifs is 1. The minimum absolute atomic E-state index is 0.150. The smallest absolute Gasteiger partial charge is 0.261 e. The molecule has 0 unspecified atom stereocenters. The van der Waals surface area contributed by atoms with Gasteiger partial charge in [0, 0.05) is 31.1 Å². The van der Waals surface area contributed by atoms with Crippen LogP contribution in [0.5, 0.6) is 0 Å². The number of benzene rings is 2. The number of imide groups is 1. The molecule has 2 aliphatic heterocycles. The Balaban J connectivity index is 1.07. The highest BCUT2D eigenvalue weighted by atomic mass is 16.2. The Morgan fingerprint density at radius 3 is 2.10 bits per heavy atom. The molecule has 2 fully saturated rings. The molecule has 0 bridgehead atoms. The summed E-state index contributed by atoms with van der Waals surface area (Å²) >= 11 is 0. The summed E-state index contributed by atoms with van der Waals surface area (Å²) in [5.41, 5.74) is 2.53. The number of nitrogens with zero attached hydrogens (tertiary/aromatic N) is 2. The van der Waals surface area contributed by atoms with Gasteiger partial charge >= 0.3 is 0 Å². The van der Waals surface area contributed by atoms with Gasteiger partial charge in [-0.25, -0.2) is 0 Å². The van der Waals surface area contributed by atoms with E-state index in [1.165, 1.54) is 16.9 Å².